The third-order valence-corrected chi connectivity index (χ3v) is 4.68. The van der Waals surface area contributed by atoms with Crippen LogP contribution in [0.15, 0.2) is 24.3 Å². The van der Waals surface area contributed by atoms with Crippen molar-refractivity contribution in [2.24, 2.45) is 5.92 Å². The number of rotatable bonds is 3. The largest absolute Gasteiger partial charge is 0.493 e. The number of carbonyl (C=O) groups is 2. The topological polar surface area (TPSA) is 59.1 Å². The molecule has 0 aromatic heterocycles. The summed E-state index contributed by atoms with van der Waals surface area (Å²) < 4.78 is 10.7. The number of piperidine rings is 1. The van der Waals surface area contributed by atoms with Gasteiger partial charge in [0.2, 0.25) is 0 Å². The summed E-state index contributed by atoms with van der Waals surface area (Å²) >= 11 is 0. The highest BCUT2D eigenvalue weighted by molar-refractivity contribution is 5.79. The number of esters is 1. The van der Waals surface area contributed by atoms with Crippen LogP contribution in [0.2, 0.25) is 0 Å². The molecular formula is C18H24N2O4. The number of carbonyl (C=O) groups excluding carboxylic acids is 2. The molecule has 0 spiro atoms. The number of hydrogen-bond donors (Lipinski definition) is 0. The van der Waals surface area contributed by atoms with Crippen molar-refractivity contribution < 1.29 is 19.1 Å². The van der Waals surface area contributed by atoms with Gasteiger partial charge < -0.3 is 19.3 Å². The number of amides is 2. The molecule has 0 bridgehead atoms. The smallest absolute Gasteiger partial charge is 0.320 e. The average Bonchev–Trinajstić information content (AvgIpc) is 3.16. The predicted octanol–water partition coefficient (Wildman–Crippen LogP) is 2.53. The van der Waals surface area contributed by atoms with Crippen molar-refractivity contribution in [3.63, 3.8) is 0 Å². The molecule has 0 N–H and O–H groups in total. The van der Waals surface area contributed by atoms with Crippen LogP contribution >= 0.6 is 0 Å². The van der Waals surface area contributed by atoms with Crippen molar-refractivity contribution in [3.8, 4) is 11.5 Å². The second-order valence-electron chi connectivity index (χ2n) is 6.33. The van der Waals surface area contributed by atoms with Crippen LogP contribution in [0.25, 0.3) is 0 Å². The van der Waals surface area contributed by atoms with Crippen molar-refractivity contribution in [1.29, 1.82) is 0 Å². The van der Waals surface area contributed by atoms with E-state index in [-0.39, 0.29) is 17.9 Å². The second kappa shape index (κ2) is 7.55. The Balaban J connectivity index is 1.61. The first-order chi connectivity index (χ1) is 11.7. The molecule has 2 aliphatic heterocycles. The molecule has 0 aliphatic carbocycles. The Kier molecular flexibility index (Phi) is 5.23. The van der Waals surface area contributed by atoms with E-state index >= 15 is 0 Å². The highest BCUT2D eigenvalue weighted by Gasteiger charge is 2.32. The molecule has 1 unspecified atom stereocenters. The minimum atomic E-state index is -0.293. The first kappa shape index (κ1) is 16.6. The molecule has 1 aromatic carbocycles. The van der Waals surface area contributed by atoms with E-state index in [1.54, 1.807) is 30.2 Å². The predicted molar refractivity (Wildman–Crippen MR) is 89.1 cm³/mol. The number of methoxy groups -OCH3 is 1. The number of urea groups is 1. The minimum Gasteiger partial charge on any atom is -0.493 e. The summed E-state index contributed by atoms with van der Waals surface area (Å²) in [7, 11) is 1.55. The Morgan fingerprint density at radius 3 is 2.38 bits per heavy atom. The zero-order valence-electron chi connectivity index (χ0n) is 14.1. The van der Waals surface area contributed by atoms with E-state index in [1.807, 2.05) is 11.0 Å². The van der Waals surface area contributed by atoms with Crippen LogP contribution < -0.4 is 9.47 Å². The lowest BCUT2D eigenvalue weighted by atomic mass is 9.98. The summed E-state index contributed by atoms with van der Waals surface area (Å²) in [6.45, 7) is 2.80. The van der Waals surface area contributed by atoms with Crippen LogP contribution in [0, 0.1) is 5.92 Å². The lowest BCUT2D eigenvalue weighted by Crippen LogP contribution is -2.48. The third kappa shape index (κ3) is 3.63. The van der Waals surface area contributed by atoms with Gasteiger partial charge in [0.1, 0.15) is 0 Å². The van der Waals surface area contributed by atoms with Gasteiger partial charge in [-0.05, 0) is 37.8 Å². The first-order valence-electron chi connectivity index (χ1n) is 8.57. The Hall–Kier alpha value is -2.24. The van der Waals surface area contributed by atoms with E-state index in [9.17, 15) is 9.59 Å². The van der Waals surface area contributed by atoms with Gasteiger partial charge in [0.25, 0.3) is 0 Å². The lowest BCUT2D eigenvalue weighted by molar-refractivity contribution is -0.140. The van der Waals surface area contributed by atoms with Gasteiger partial charge in [-0.15, -0.1) is 0 Å². The fourth-order valence-corrected chi connectivity index (χ4v) is 3.35. The molecule has 2 fully saturated rings. The number of para-hydroxylation sites is 2. The fraction of sp³-hybridized carbons (Fsp3) is 0.556. The van der Waals surface area contributed by atoms with Crippen LogP contribution in [-0.2, 0) is 4.79 Å². The normalized spacial score (nSPS) is 20.8. The minimum absolute atomic E-state index is 0.0577. The quantitative estimate of drug-likeness (QED) is 0.630. The zero-order chi connectivity index (χ0) is 16.9. The number of benzene rings is 1. The summed E-state index contributed by atoms with van der Waals surface area (Å²) in [5.74, 6) is 0.383. The van der Waals surface area contributed by atoms with Crippen LogP contribution in [0.1, 0.15) is 25.7 Å². The monoisotopic (exact) mass is 332 g/mol. The molecule has 1 atom stereocenters. The fourth-order valence-electron chi connectivity index (χ4n) is 3.35. The van der Waals surface area contributed by atoms with E-state index in [4.69, 9.17) is 9.47 Å². The van der Waals surface area contributed by atoms with Gasteiger partial charge >= 0.3 is 12.0 Å². The maximum absolute atomic E-state index is 12.5. The number of hydrogen-bond acceptors (Lipinski definition) is 4. The Morgan fingerprint density at radius 1 is 1.00 bits per heavy atom. The molecule has 24 heavy (non-hydrogen) atoms. The maximum Gasteiger partial charge on any atom is 0.320 e. The van der Waals surface area contributed by atoms with Crippen LogP contribution in [0.4, 0.5) is 4.79 Å². The lowest BCUT2D eigenvalue weighted by Gasteiger charge is -2.34. The molecule has 1 aromatic rings. The molecule has 2 aliphatic rings. The molecule has 6 nitrogen and oxygen atoms in total. The van der Waals surface area contributed by atoms with Gasteiger partial charge in [-0.25, -0.2) is 4.79 Å². The Labute approximate surface area is 142 Å². The summed E-state index contributed by atoms with van der Waals surface area (Å²) in [4.78, 5) is 28.7. The SMILES string of the molecule is COc1ccccc1OC(=O)C1CCCN(C(=O)N2CCCC2)C1. The molecule has 2 saturated heterocycles. The molecule has 0 saturated carbocycles. The van der Waals surface area contributed by atoms with Gasteiger partial charge in [0.05, 0.1) is 13.0 Å². The van der Waals surface area contributed by atoms with Crippen molar-refractivity contribution in [2.75, 3.05) is 33.3 Å². The molecule has 2 heterocycles. The average molecular weight is 332 g/mol. The zero-order valence-corrected chi connectivity index (χ0v) is 14.1. The van der Waals surface area contributed by atoms with E-state index < -0.39 is 0 Å². The number of likely N-dealkylation sites (tertiary alicyclic amines) is 2. The van der Waals surface area contributed by atoms with E-state index in [0.29, 0.717) is 24.6 Å². The van der Waals surface area contributed by atoms with Crippen LogP contribution in [-0.4, -0.2) is 55.1 Å². The molecular weight excluding hydrogens is 308 g/mol. The van der Waals surface area contributed by atoms with Crippen molar-refractivity contribution in [2.45, 2.75) is 25.7 Å². The van der Waals surface area contributed by atoms with Gasteiger partial charge in [0.15, 0.2) is 11.5 Å². The first-order valence-corrected chi connectivity index (χ1v) is 8.57. The number of ether oxygens (including phenoxy) is 2. The van der Waals surface area contributed by atoms with E-state index in [0.717, 1.165) is 38.8 Å². The Morgan fingerprint density at radius 2 is 1.67 bits per heavy atom. The summed E-state index contributed by atoms with van der Waals surface area (Å²) in [6.07, 6.45) is 3.71. The molecule has 0 radical (unpaired) electrons. The van der Waals surface area contributed by atoms with E-state index in [2.05, 4.69) is 0 Å². The molecule has 3 rings (SSSR count). The van der Waals surface area contributed by atoms with Crippen LogP contribution in [0.3, 0.4) is 0 Å². The van der Waals surface area contributed by atoms with Crippen molar-refractivity contribution in [1.82, 2.24) is 9.80 Å². The number of nitrogens with zero attached hydrogens (tertiary/aromatic N) is 2. The summed E-state index contributed by atoms with van der Waals surface area (Å²) in [5.41, 5.74) is 0. The van der Waals surface area contributed by atoms with Gasteiger partial charge in [-0.1, -0.05) is 12.1 Å². The van der Waals surface area contributed by atoms with Crippen molar-refractivity contribution in [3.05, 3.63) is 24.3 Å². The maximum atomic E-state index is 12.5. The second-order valence-corrected chi connectivity index (χ2v) is 6.33. The van der Waals surface area contributed by atoms with Crippen molar-refractivity contribution >= 4 is 12.0 Å². The standard InChI is InChI=1S/C18H24N2O4/c1-23-15-8-2-3-9-16(15)24-17(21)14-7-6-12-20(13-14)18(22)19-10-4-5-11-19/h2-3,8-9,14H,4-7,10-13H2,1H3. The van der Waals surface area contributed by atoms with E-state index in [1.165, 1.54) is 0 Å². The third-order valence-electron chi connectivity index (χ3n) is 4.68. The van der Waals surface area contributed by atoms with Crippen LogP contribution in [0.5, 0.6) is 11.5 Å². The highest BCUT2D eigenvalue weighted by Crippen LogP contribution is 2.28. The molecule has 2 amide bonds. The summed E-state index contributed by atoms with van der Waals surface area (Å²) in [5, 5.41) is 0. The Bertz CT molecular complexity index is 598. The highest BCUT2D eigenvalue weighted by atomic mass is 16.6. The molecule has 6 heteroatoms. The molecule has 130 valence electrons. The summed E-state index contributed by atoms with van der Waals surface area (Å²) in [6, 6.07) is 7.16. The van der Waals surface area contributed by atoms with Gasteiger partial charge in [-0.3, -0.25) is 4.79 Å². The van der Waals surface area contributed by atoms with Gasteiger partial charge in [-0.2, -0.15) is 0 Å². The van der Waals surface area contributed by atoms with Gasteiger partial charge in [0, 0.05) is 26.2 Å².